The van der Waals surface area contributed by atoms with Crippen LogP contribution in [0, 0.1) is 21.4 Å². The standard InChI is InChI=1S/C10H11N5O2/c11-4-7-3-9(15(16)17)10(13-5-7)14-2-1-8(12)6-14/h3,5,8H,1-2,6,12H2. The fourth-order valence-electron chi connectivity index (χ4n) is 1.86. The van der Waals surface area contributed by atoms with Crippen LogP contribution in [0.2, 0.25) is 0 Å². The SMILES string of the molecule is N#Cc1cnc(N2CCC(N)C2)c([N+](=O)[O-])c1. The van der Waals surface area contributed by atoms with Crippen molar-refractivity contribution in [3.05, 3.63) is 27.9 Å². The average Bonchev–Trinajstić information content (AvgIpc) is 2.75. The van der Waals surface area contributed by atoms with E-state index in [2.05, 4.69) is 4.98 Å². The van der Waals surface area contributed by atoms with Gasteiger partial charge in [0, 0.05) is 31.4 Å². The van der Waals surface area contributed by atoms with Crippen LogP contribution in [0.3, 0.4) is 0 Å². The zero-order valence-corrected chi connectivity index (χ0v) is 9.04. The molecule has 0 radical (unpaired) electrons. The van der Waals surface area contributed by atoms with Crippen LogP contribution in [0.1, 0.15) is 12.0 Å². The molecule has 2 rings (SSSR count). The van der Waals surface area contributed by atoms with E-state index in [-0.39, 0.29) is 17.3 Å². The lowest BCUT2D eigenvalue weighted by Crippen LogP contribution is -2.27. The molecule has 0 saturated carbocycles. The van der Waals surface area contributed by atoms with Gasteiger partial charge in [-0.05, 0) is 6.42 Å². The van der Waals surface area contributed by atoms with Gasteiger partial charge in [0.2, 0.25) is 5.82 Å². The van der Waals surface area contributed by atoms with Crippen LogP contribution in [0.25, 0.3) is 0 Å². The Kier molecular flexibility index (Phi) is 2.89. The Morgan fingerprint density at radius 1 is 1.71 bits per heavy atom. The first-order valence-corrected chi connectivity index (χ1v) is 5.17. The van der Waals surface area contributed by atoms with Crippen molar-refractivity contribution in [2.45, 2.75) is 12.5 Å². The van der Waals surface area contributed by atoms with Crippen LogP contribution < -0.4 is 10.6 Å². The second-order valence-electron chi connectivity index (χ2n) is 3.93. The number of aromatic nitrogens is 1. The molecule has 1 fully saturated rings. The second-order valence-corrected chi connectivity index (χ2v) is 3.93. The van der Waals surface area contributed by atoms with Crippen molar-refractivity contribution in [2.75, 3.05) is 18.0 Å². The molecule has 1 unspecified atom stereocenters. The molecule has 0 spiro atoms. The molecule has 1 aliphatic heterocycles. The maximum atomic E-state index is 10.9. The Morgan fingerprint density at radius 3 is 3.00 bits per heavy atom. The topological polar surface area (TPSA) is 109 Å². The van der Waals surface area contributed by atoms with Gasteiger partial charge >= 0.3 is 5.69 Å². The third-order valence-corrected chi connectivity index (χ3v) is 2.70. The third kappa shape index (κ3) is 2.16. The van der Waals surface area contributed by atoms with Crippen molar-refractivity contribution >= 4 is 11.5 Å². The fraction of sp³-hybridized carbons (Fsp3) is 0.400. The van der Waals surface area contributed by atoms with E-state index in [0.717, 1.165) is 6.42 Å². The molecular weight excluding hydrogens is 222 g/mol. The molecule has 0 bridgehead atoms. The predicted octanol–water partition coefficient (Wildman–Crippen LogP) is 0.399. The van der Waals surface area contributed by atoms with E-state index >= 15 is 0 Å². The normalized spacial score (nSPS) is 19.1. The molecule has 0 aromatic carbocycles. The highest BCUT2D eigenvalue weighted by Crippen LogP contribution is 2.28. The summed E-state index contributed by atoms with van der Waals surface area (Å²) >= 11 is 0. The Hall–Kier alpha value is -2.20. The van der Waals surface area contributed by atoms with Gasteiger partial charge in [0.1, 0.15) is 6.07 Å². The first-order valence-electron chi connectivity index (χ1n) is 5.17. The fourth-order valence-corrected chi connectivity index (χ4v) is 1.86. The molecule has 1 aromatic heterocycles. The Labute approximate surface area is 97.6 Å². The molecule has 1 aromatic rings. The second kappa shape index (κ2) is 4.35. The highest BCUT2D eigenvalue weighted by molar-refractivity contribution is 5.60. The lowest BCUT2D eigenvalue weighted by Gasteiger charge is -2.16. The number of hydrogen-bond acceptors (Lipinski definition) is 6. The van der Waals surface area contributed by atoms with Crippen LogP contribution in [0.4, 0.5) is 11.5 Å². The summed E-state index contributed by atoms with van der Waals surface area (Å²) in [6.45, 7) is 1.21. The molecular formula is C10H11N5O2. The lowest BCUT2D eigenvalue weighted by molar-refractivity contribution is -0.384. The summed E-state index contributed by atoms with van der Waals surface area (Å²) in [6, 6.07) is 3.10. The van der Waals surface area contributed by atoms with Crippen LogP contribution in [-0.4, -0.2) is 29.0 Å². The van der Waals surface area contributed by atoms with Gasteiger partial charge in [0.25, 0.3) is 0 Å². The minimum atomic E-state index is -0.521. The molecule has 88 valence electrons. The van der Waals surface area contributed by atoms with Gasteiger partial charge in [-0.15, -0.1) is 0 Å². The third-order valence-electron chi connectivity index (χ3n) is 2.70. The van der Waals surface area contributed by atoms with E-state index in [9.17, 15) is 10.1 Å². The first-order chi connectivity index (χ1) is 8.11. The predicted molar refractivity (Wildman–Crippen MR) is 60.4 cm³/mol. The molecule has 1 saturated heterocycles. The van der Waals surface area contributed by atoms with Crippen molar-refractivity contribution < 1.29 is 4.92 Å². The van der Waals surface area contributed by atoms with E-state index in [0.29, 0.717) is 18.9 Å². The zero-order valence-electron chi connectivity index (χ0n) is 9.04. The van der Waals surface area contributed by atoms with Crippen molar-refractivity contribution in [2.24, 2.45) is 5.73 Å². The quantitative estimate of drug-likeness (QED) is 0.584. The highest BCUT2D eigenvalue weighted by atomic mass is 16.6. The van der Waals surface area contributed by atoms with Crippen molar-refractivity contribution in [1.29, 1.82) is 5.26 Å². The summed E-state index contributed by atoms with van der Waals surface area (Å²) in [4.78, 5) is 16.2. The largest absolute Gasteiger partial charge is 0.349 e. The zero-order chi connectivity index (χ0) is 12.4. The molecule has 0 amide bonds. The average molecular weight is 233 g/mol. The van der Waals surface area contributed by atoms with Gasteiger partial charge < -0.3 is 10.6 Å². The molecule has 1 atom stereocenters. The minimum absolute atomic E-state index is 0.0204. The van der Waals surface area contributed by atoms with Gasteiger partial charge in [-0.1, -0.05) is 0 Å². The van der Waals surface area contributed by atoms with Crippen LogP contribution in [0.5, 0.6) is 0 Å². The number of nitro groups is 1. The summed E-state index contributed by atoms with van der Waals surface area (Å²) < 4.78 is 0. The number of hydrogen-bond donors (Lipinski definition) is 1. The summed E-state index contributed by atoms with van der Waals surface area (Å²) in [7, 11) is 0. The maximum absolute atomic E-state index is 10.9. The van der Waals surface area contributed by atoms with E-state index in [1.54, 1.807) is 4.90 Å². The van der Waals surface area contributed by atoms with E-state index < -0.39 is 4.92 Å². The molecule has 1 aliphatic rings. The Bertz CT molecular complexity index is 496. The van der Waals surface area contributed by atoms with Gasteiger partial charge in [0.05, 0.1) is 10.5 Å². The van der Waals surface area contributed by atoms with Crippen LogP contribution in [-0.2, 0) is 0 Å². The highest BCUT2D eigenvalue weighted by Gasteiger charge is 2.27. The van der Waals surface area contributed by atoms with Crippen molar-refractivity contribution in [3.8, 4) is 6.07 Å². The number of rotatable bonds is 2. The molecule has 2 N–H and O–H groups in total. The van der Waals surface area contributed by atoms with Crippen LogP contribution >= 0.6 is 0 Å². The smallest absolute Gasteiger partial charge is 0.312 e. The lowest BCUT2D eigenvalue weighted by atomic mass is 10.2. The molecule has 7 nitrogen and oxygen atoms in total. The first kappa shape index (κ1) is 11.3. The maximum Gasteiger partial charge on any atom is 0.312 e. The van der Waals surface area contributed by atoms with Crippen molar-refractivity contribution in [3.63, 3.8) is 0 Å². The summed E-state index contributed by atoms with van der Waals surface area (Å²) in [5.74, 6) is 0.293. The summed E-state index contributed by atoms with van der Waals surface area (Å²) in [5, 5.41) is 19.6. The number of nitriles is 1. The number of nitrogens with two attached hydrogens (primary N) is 1. The molecule has 17 heavy (non-hydrogen) atoms. The number of anilines is 1. The van der Waals surface area contributed by atoms with Gasteiger partial charge in [-0.3, -0.25) is 10.1 Å². The minimum Gasteiger partial charge on any atom is -0.349 e. The van der Waals surface area contributed by atoms with Crippen LogP contribution in [0.15, 0.2) is 12.3 Å². The van der Waals surface area contributed by atoms with Gasteiger partial charge in [-0.25, -0.2) is 4.98 Å². The molecule has 2 heterocycles. The number of nitrogens with zero attached hydrogens (tertiary/aromatic N) is 4. The summed E-state index contributed by atoms with van der Waals surface area (Å²) in [6.07, 6.45) is 2.13. The van der Waals surface area contributed by atoms with E-state index in [1.165, 1.54) is 12.3 Å². The van der Waals surface area contributed by atoms with Gasteiger partial charge in [-0.2, -0.15) is 5.26 Å². The molecule has 7 heteroatoms. The Balaban J connectivity index is 2.40. The summed E-state index contributed by atoms with van der Waals surface area (Å²) in [5.41, 5.74) is 5.80. The number of pyridine rings is 1. The monoisotopic (exact) mass is 233 g/mol. The molecule has 0 aliphatic carbocycles. The van der Waals surface area contributed by atoms with Crippen molar-refractivity contribution in [1.82, 2.24) is 4.98 Å². The van der Waals surface area contributed by atoms with Gasteiger partial charge in [0.15, 0.2) is 0 Å². The van der Waals surface area contributed by atoms with E-state index in [1.807, 2.05) is 6.07 Å². The van der Waals surface area contributed by atoms with E-state index in [4.69, 9.17) is 11.0 Å². The Morgan fingerprint density at radius 2 is 2.47 bits per heavy atom.